The van der Waals surface area contributed by atoms with E-state index in [1.807, 2.05) is 42.5 Å². The van der Waals surface area contributed by atoms with Crippen molar-refractivity contribution in [3.8, 4) is 0 Å². The molecule has 6 heteroatoms. The first-order valence-corrected chi connectivity index (χ1v) is 7.80. The van der Waals surface area contributed by atoms with Crippen LogP contribution in [0.15, 0.2) is 71.6 Å². The van der Waals surface area contributed by atoms with Crippen molar-refractivity contribution in [3.63, 3.8) is 0 Å². The number of benzene rings is 3. The van der Waals surface area contributed by atoms with Crippen molar-refractivity contribution in [3.05, 3.63) is 66.7 Å². The van der Waals surface area contributed by atoms with Gasteiger partial charge in [0.25, 0.3) is 10.1 Å². The average Bonchev–Trinajstić information content (AvgIpc) is 2.46. The zero-order valence-electron chi connectivity index (χ0n) is 12.0. The molecule has 3 aromatic carbocycles. The van der Waals surface area contributed by atoms with Crippen LogP contribution >= 0.6 is 0 Å². The minimum absolute atomic E-state index is 0. The third-order valence-corrected chi connectivity index (χ3v) is 4.02. The molecular formula is C16H13NNaO3S+. The van der Waals surface area contributed by atoms with Crippen molar-refractivity contribution in [2.75, 3.05) is 5.32 Å². The standard InChI is InChI=1S/C16H13NO3S.Na/c18-21(19,20)16-7-3-6-14(11-16)17-15-9-8-12-4-1-2-5-13(12)10-15;/h1-11,17H,(H,18,19,20);/q;+1. The summed E-state index contributed by atoms with van der Waals surface area (Å²) in [7, 11) is -4.19. The van der Waals surface area contributed by atoms with E-state index in [4.69, 9.17) is 4.55 Å². The third-order valence-electron chi connectivity index (χ3n) is 3.17. The summed E-state index contributed by atoms with van der Waals surface area (Å²) >= 11 is 0. The molecule has 3 aromatic rings. The van der Waals surface area contributed by atoms with E-state index in [2.05, 4.69) is 5.32 Å². The van der Waals surface area contributed by atoms with Crippen LogP contribution in [0.2, 0.25) is 0 Å². The van der Waals surface area contributed by atoms with Crippen molar-refractivity contribution in [1.82, 2.24) is 0 Å². The molecule has 22 heavy (non-hydrogen) atoms. The van der Waals surface area contributed by atoms with Crippen molar-refractivity contribution in [2.45, 2.75) is 4.90 Å². The fraction of sp³-hybridized carbons (Fsp3) is 0. The van der Waals surface area contributed by atoms with Crippen molar-refractivity contribution < 1.29 is 42.5 Å². The topological polar surface area (TPSA) is 66.4 Å². The summed E-state index contributed by atoms with van der Waals surface area (Å²) in [6, 6.07) is 19.9. The fourth-order valence-corrected chi connectivity index (χ4v) is 2.69. The second-order valence-corrected chi connectivity index (χ2v) is 6.11. The Balaban J connectivity index is 0.00000176. The van der Waals surface area contributed by atoms with Gasteiger partial charge in [0.1, 0.15) is 0 Å². The second kappa shape index (κ2) is 6.81. The number of nitrogens with one attached hydrogen (secondary N) is 1. The maximum absolute atomic E-state index is 11.1. The summed E-state index contributed by atoms with van der Waals surface area (Å²) in [5.41, 5.74) is 1.45. The molecule has 0 unspecified atom stereocenters. The van der Waals surface area contributed by atoms with E-state index < -0.39 is 10.1 Å². The number of hydrogen-bond donors (Lipinski definition) is 2. The molecule has 0 spiro atoms. The van der Waals surface area contributed by atoms with Gasteiger partial charge in [-0.2, -0.15) is 8.42 Å². The van der Waals surface area contributed by atoms with Gasteiger partial charge < -0.3 is 5.32 Å². The summed E-state index contributed by atoms with van der Waals surface area (Å²) in [5.74, 6) is 0. The molecule has 0 saturated carbocycles. The maximum atomic E-state index is 11.1. The molecule has 2 N–H and O–H groups in total. The predicted molar refractivity (Wildman–Crippen MR) is 83.5 cm³/mol. The van der Waals surface area contributed by atoms with Crippen molar-refractivity contribution in [1.29, 1.82) is 0 Å². The van der Waals surface area contributed by atoms with Crippen molar-refractivity contribution in [2.24, 2.45) is 0 Å². The van der Waals surface area contributed by atoms with Crippen LogP contribution in [0.5, 0.6) is 0 Å². The normalized spacial score (nSPS) is 11.0. The van der Waals surface area contributed by atoms with Gasteiger partial charge in [-0.15, -0.1) is 0 Å². The Morgan fingerprint density at radius 1 is 0.773 bits per heavy atom. The second-order valence-electron chi connectivity index (χ2n) is 4.69. The Hall–Kier alpha value is -1.37. The van der Waals surface area contributed by atoms with E-state index in [-0.39, 0.29) is 34.5 Å². The van der Waals surface area contributed by atoms with Crippen LogP contribution in [-0.4, -0.2) is 13.0 Å². The zero-order chi connectivity index (χ0) is 14.9. The van der Waals surface area contributed by atoms with E-state index in [0.717, 1.165) is 16.5 Å². The summed E-state index contributed by atoms with van der Waals surface area (Å²) in [4.78, 5) is -0.131. The molecule has 0 aromatic heterocycles. The summed E-state index contributed by atoms with van der Waals surface area (Å²) in [5, 5.41) is 5.36. The minimum Gasteiger partial charge on any atom is -0.355 e. The Kier molecular flexibility index (Phi) is 5.26. The van der Waals surface area contributed by atoms with Crippen LogP contribution in [0.4, 0.5) is 11.4 Å². The largest absolute Gasteiger partial charge is 1.00 e. The molecule has 4 nitrogen and oxygen atoms in total. The van der Waals surface area contributed by atoms with Crippen LogP contribution in [0.25, 0.3) is 10.8 Å². The van der Waals surface area contributed by atoms with E-state index in [0.29, 0.717) is 5.69 Å². The average molecular weight is 322 g/mol. The van der Waals surface area contributed by atoms with E-state index in [9.17, 15) is 8.42 Å². The van der Waals surface area contributed by atoms with Gasteiger partial charge in [-0.3, -0.25) is 4.55 Å². The van der Waals surface area contributed by atoms with Crippen LogP contribution in [0.1, 0.15) is 0 Å². The number of hydrogen-bond acceptors (Lipinski definition) is 3. The van der Waals surface area contributed by atoms with Crippen LogP contribution in [0, 0.1) is 0 Å². The van der Waals surface area contributed by atoms with Gasteiger partial charge in [0, 0.05) is 11.4 Å². The first-order chi connectivity index (χ1) is 10.0. The third kappa shape index (κ3) is 3.88. The molecule has 0 amide bonds. The van der Waals surface area contributed by atoms with Gasteiger partial charge in [0.05, 0.1) is 4.90 Å². The van der Waals surface area contributed by atoms with Gasteiger partial charge in [-0.1, -0.05) is 36.4 Å². The van der Waals surface area contributed by atoms with Gasteiger partial charge in [0.2, 0.25) is 0 Å². The van der Waals surface area contributed by atoms with Gasteiger partial charge in [0.15, 0.2) is 0 Å². The monoisotopic (exact) mass is 322 g/mol. The molecule has 106 valence electrons. The fourth-order valence-electron chi connectivity index (χ4n) is 2.17. The van der Waals surface area contributed by atoms with Gasteiger partial charge in [-0.25, -0.2) is 0 Å². The number of fused-ring (bicyclic) bond motifs is 1. The Labute approximate surface area is 151 Å². The molecule has 0 bridgehead atoms. The summed E-state index contributed by atoms with van der Waals surface area (Å²) in [6.07, 6.45) is 0. The van der Waals surface area contributed by atoms with Crippen LogP contribution < -0.4 is 34.9 Å². The van der Waals surface area contributed by atoms with E-state index in [1.165, 1.54) is 12.1 Å². The molecule has 0 saturated heterocycles. The zero-order valence-corrected chi connectivity index (χ0v) is 14.8. The quantitative estimate of drug-likeness (QED) is 0.554. The Morgan fingerprint density at radius 3 is 2.18 bits per heavy atom. The molecular weight excluding hydrogens is 309 g/mol. The summed E-state index contributed by atoms with van der Waals surface area (Å²) in [6.45, 7) is 0. The first kappa shape index (κ1) is 17.0. The van der Waals surface area contributed by atoms with Crippen LogP contribution in [0.3, 0.4) is 0 Å². The predicted octanol–water partition coefficient (Wildman–Crippen LogP) is 0.834. The molecule has 3 rings (SSSR count). The smallest absolute Gasteiger partial charge is 0.355 e. The molecule has 0 heterocycles. The number of rotatable bonds is 3. The molecule has 0 aliphatic rings. The first-order valence-electron chi connectivity index (χ1n) is 6.36. The summed E-state index contributed by atoms with van der Waals surface area (Å²) < 4.78 is 31.3. The molecule has 0 radical (unpaired) electrons. The molecule has 0 aliphatic carbocycles. The van der Waals surface area contributed by atoms with E-state index >= 15 is 0 Å². The maximum Gasteiger partial charge on any atom is 1.00 e. The molecule has 0 atom stereocenters. The van der Waals surface area contributed by atoms with Gasteiger partial charge >= 0.3 is 29.6 Å². The molecule has 0 fully saturated rings. The molecule has 0 aliphatic heterocycles. The van der Waals surface area contributed by atoms with Crippen molar-refractivity contribution >= 4 is 32.3 Å². The Morgan fingerprint density at radius 2 is 1.45 bits per heavy atom. The number of anilines is 2. The van der Waals surface area contributed by atoms with E-state index in [1.54, 1.807) is 12.1 Å². The van der Waals surface area contributed by atoms with Gasteiger partial charge in [-0.05, 0) is 41.1 Å². The minimum atomic E-state index is -4.19. The SMILES string of the molecule is O=S(=O)(O)c1cccc(Nc2ccc3ccccc3c2)c1.[Na+]. The Bertz CT molecular complexity index is 910. The van der Waals surface area contributed by atoms with Crippen LogP contribution in [-0.2, 0) is 10.1 Å².